The Hall–Kier alpha value is -2.55. The largest absolute Gasteiger partial charge is 0.493 e. The van der Waals surface area contributed by atoms with Crippen LogP contribution in [0.5, 0.6) is 11.5 Å². The lowest BCUT2D eigenvalue weighted by Gasteiger charge is -2.28. The van der Waals surface area contributed by atoms with Crippen LogP contribution in [0, 0.1) is 0 Å². The molecule has 2 amide bonds. The third-order valence-electron chi connectivity index (χ3n) is 3.87. The molecule has 0 radical (unpaired) electrons. The Balaban J connectivity index is 2.40. The van der Waals surface area contributed by atoms with E-state index in [1.54, 1.807) is 26.0 Å². The Morgan fingerprint density at radius 1 is 1.30 bits per heavy atom. The van der Waals surface area contributed by atoms with Crippen molar-refractivity contribution in [1.29, 1.82) is 0 Å². The molecule has 0 bridgehead atoms. The molecule has 0 spiro atoms. The molecule has 2 rings (SSSR count). The molecule has 27 heavy (non-hydrogen) atoms. The summed E-state index contributed by atoms with van der Waals surface area (Å²) in [5.41, 5.74) is 1.57. The number of Topliss-reactive ketones (excluding diaryl/α,β-unsaturated/α-hetero) is 1. The zero-order valence-electron chi connectivity index (χ0n) is 15.5. The molecule has 0 saturated heterocycles. The normalized spacial score (nSPS) is 16.3. The van der Waals surface area contributed by atoms with Gasteiger partial charge < -0.3 is 24.8 Å². The number of carbonyl (C=O) groups is 3. The predicted molar refractivity (Wildman–Crippen MR) is 101 cm³/mol. The van der Waals surface area contributed by atoms with Crippen molar-refractivity contribution in [2.75, 3.05) is 20.3 Å². The van der Waals surface area contributed by atoms with Gasteiger partial charge in [-0.2, -0.15) is 0 Å². The number of hydrogen-bond acceptors (Lipinski definition) is 6. The van der Waals surface area contributed by atoms with Crippen LogP contribution in [0.4, 0.5) is 4.79 Å². The number of methoxy groups -OCH3 is 1. The van der Waals surface area contributed by atoms with E-state index in [1.165, 1.54) is 14.0 Å². The highest BCUT2D eigenvalue weighted by Crippen LogP contribution is 2.40. The first-order valence-corrected chi connectivity index (χ1v) is 9.02. The van der Waals surface area contributed by atoms with Crippen molar-refractivity contribution in [3.8, 4) is 11.5 Å². The zero-order valence-corrected chi connectivity index (χ0v) is 17.1. The maximum Gasteiger partial charge on any atom is 0.344 e. The first-order chi connectivity index (χ1) is 12.8. The third kappa shape index (κ3) is 4.79. The smallest absolute Gasteiger partial charge is 0.344 e. The third-order valence-corrected chi connectivity index (χ3v) is 4.46. The summed E-state index contributed by atoms with van der Waals surface area (Å²) < 4.78 is 16.2. The number of benzene rings is 1. The molecule has 0 saturated carbocycles. The molecule has 146 valence electrons. The molecule has 1 aromatic carbocycles. The van der Waals surface area contributed by atoms with E-state index in [0.717, 1.165) is 0 Å². The van der Waals surface area contributed by atoms with Gasteiger partial charge in [0.05, 0.1) is 24.2 Å². The van der Waals surface area contributed by atoms with E-state index in [1.807, 2.05) is 0 Å². The summed E-state index contributed by atoms with van der Waals surface area (Å²) in [5, 5.41) is 5.34. The molecule has 2 N–H and O–H groups in total. The SMILES string of the molecule is CCOC(=O)COc1c(Br)cc([C@@H]2NC(=O)NC(C)=C2C(C)=O)cc1OC. The lowest BCUT2D eigenvalue weighted by Crippen LogP contribution is -2.44. The fourth-order valence-corrected chi connectivity index (χ4v) is 3.37. The highest BCUT2D eigenvalue weighted by atomic mass is 79.9. The van der Waals surface area contributed by atoms with Gasteiger partial charge in [0.1, 0.15) is 0 Å². The van der Waals surface area contributed by atoms with Crippen molar-refractivity contribution in [2.24, 2.45) is 0 Å². The highest BCUT2D eigenvalue weighted by Gasteiger charge is 2.30. The molecule has 0 aromatic heterocycles. The maximum absolute atomic E-state index is 12.1. The summed E-state index contributed by atoms with van der Waals surface area (Å²) in [4.78, 5) is 35.5. The van der Waals surface area contributed by atoms with Crippen molar-refractivity contribution >= 4 is 33.7 Å². The molecule has 1 aliphatic rings. The molecule has 0 unspecified atom stereocenters. The van der Waals surface area contributed by atoms with Gasteiger partial charge in [0, 0.05) is 11.3 Å². The Morgan fingerprint density at radius 2 is 2.00 bits per heavy atom. The van der Waals surface area contributed by atoms with E-state index >= 15 is 0 Å². The Bertz CT molecular complexity index is 805. The van der Waals surface area contributed by atoms with E-state index in [9.17, 15) is 14.4 Å². The number of allylic oxidation sites excluding steroid dienone is 1. The minimum absolute atomic E-state index is 0.164. The number of esters is 1. The van der Waals surface area contributed by atoms with Crippen LogP contribution in [0.15, 0.2) is 27.9 Å². The second-order valence-corrected chi connectivity index (χ2v) is 6.61. The fraction of sp³-hybridized carbons (Fsp3) is 0.389. The number of ether oxygens (including phenoxy) is 3. The predicted octanol–water partition coefficient (Wildman–Crippen LogP) is 2.62. The van der Waals surface area contributed by atoms with Gasteiger partial charge in [0.25, 0.3) is 0 Å². The van der Waals surface area contributed by atoms with Crippen molar-refractivity contribution in [2.45, 2.75) is 26.8 Å². The van der Waals surface area contributed by atoms with Gasteiger partial charge in [-0.05, 0) is 54.4 Å². The van der Waals surface area contributed by atoms with Gasteiger partial charge in [-0.3, -0.25) is 4.79 Å². The van der Waals surface area contributed by atoms with Gasteiger partial charge in [-0.25, -0.2) is 9.59 Å². The standard InChI is InChI=1S/C18H21BrN2O6/c1-5-26-14(23)8-27-17-12(19)6-11(7-13(17)25-4)16-15(10(3)22)9(2)20-18(24)21-16/h6-7,16H,5,8H2,1-4H3,(H2,20,21,24)/t16-/m0/s1. The van der Waals surface area contributed by atoms with Gasteiger partial charge >= 0.3 is 12.0 Å². The van der Waals surface area contributed by atoms with E-state index in [4.69, 9.17) is 14.2 Å². The van der Waals surface area contributed by atoms with Gasteiger partial charge in [-0.1, -0.05) is 0 Å². The van der Waals surface area contributed by atoms with Crippen LogP contribution in [-0.2, 0) is 14.3 Å². The van der Waals surface area contributed by atoms with Crippen LogP contribution in [-0.4, -0.2) is 38.1 Å². The van der Waals surface area contributed by atoms with Crippen LogP contribution >= 0.6 is 15.9 Å². The Labute approximate surface area is 165 Å². The summed E-state index contributed by atoms with van der Waals surface area (Å²) in [6.45, 7) is 4.80. The quantitative estimate of drug-likeness (QED) is 0.631. The number of urea groups is 1. The van der Waals surface area contributed by atoms with Crippen molar-refractivity contribution in [3.05, 3.63) is 33.4 Å². The average molecular weight is 441 g/mol. The average Bonchev–Trinajstić information content (AvgIpc) is 2.59. The molecule has 9 heteroatoms. The molecule has 1 aliphatic heterocycles. The molecule has 1 atom stereocenters. The molecule has 0 fully saturated rings. The van der Waals surface area contributed by atoms with Crippen molar-refractivity contribution in [3.63, 3.8) is 0 Å². The van der Waals surface area contributed by atoms with E-state index in [2.05, 4.69) is 26.6 Å². The number of rotatable bonds is 7. The number of ketones is 1. The van der Waals surface area contributed by atoms with Crippen LogP contribution < -0.4 is 20.1 Å². The first-order valence-electron chi connectivity index (χ1n) is 8.23. The van der Waals surface area contributed by atoms with E-state index in [0.29, 0.717) is 32.8 Å². The second-order valence-electron chi connectivity index (χ2n) is 5.75. The van der Waals surface area contributed by atoms with Crippen LogP contribution in [0.3, 0.4) is 0 Å². The lowest BCUT2D eigenvalue weighted by atomic mass is 9.93. The summed E-state index contributed by atoms with van der Waals surface area (Å²) in [7, 11) is 1.46. The Morgan fingerprint density at radius 3 is 2.59 bits per heavy atom. The van der Waals surface area contributed by atoms with Gasteiger partial charge in [0.15, 0.2) is 23.9 Å². The Kier molecular flexibility index (Phi) is 6.84. The number of amides is 2. The first kappa shape index (κ1) is 20.8. The molecular weight excluding hydrogens is 420 g/mol. The number of hydrogen-bond donors (Lipinski definition) is 2. The van der Waals surface area contributed by atoms with Crippen molar-refractivity contribution in [1.82, 2.24) is 10.6 Å². The van der Waals surface area contributed by atoms with Gasteiger partial charge in [-0.15, -0.1) is 0 Å². The van der Waals surface area contributed by atoms with E-state index < -0.39 is 18.0 Å². The summed E-state index contributed by atoms with van der Waals surface area (Å²) in [6.07, 6.45) is 0. The topological polar surface area (TPSA) is 103 Å². The molecule has 1 heterocycles. The maximum atomic E-state index is 12.1. The van der Waals surface area contributed by atoms with Gasteiger partial charge in [0.2, 0.25) is 0 Å². The highest BCUT2D eigenvalue weighted by molar-refractivity contribution is 9.10. The molecule has 1 aromatic rings. The zero-order chi connectivity index (χ0) is 20.1. The summed E-state index contributed by atoms with van der Waals surface area (Å²) in [5.74, 6) is -0.00190. The van der Waals surface area contributed by atoms with Crippen molar-refractivity contribution < 1.29 is 28.6 Å². The fourth-order valence-electron chi connectivity index (χ4n) is 2.79. The lowest BCUT2D eigenvalue weighted by molar-refractivity contribution is -0.145. The molecular formula is C18H21BrN2O6. The van der Waals surface area contributed by atoms with E-state index in [-0.39, 0.29) is 19.0 Å². The molecule has 0 aliphatic carbocycles. The monoisotopic (exact) mass is 440 g/mol. The minimum atomic E-state index is -0.638. The number of carbonyl (C=O) groups excluding carboxylic acids is 3. The summed E-state index contributed by atoms with van der Waals surface area (Å²) >= 11 is 3.40. The van der Waals surface area contributed by atoms with Crippen LogP contribution in [0.2, 0.25) is 0 Å². The van der Waals surface area contributed by atoms with Crippen LogP contribution in [0.25, 0.3) is 0 Å². The number of halogens is 1. The molecule has 8 nitrogen and oxygen atoms in total. The second kappa shape index (κ2) is 8.90. The van der Waals surface area contributed by atoms with Crippen LogP contribution in [0.1, 0.15) is 32.4 Å². The minimum Gasteiger partial charge on any atom is -0.493 e. The number of nitrogens with one attached hydrogen (secondary N) is 2. The summed E-state index contributed by atoms with van der Waals surface area (Å²) in [6, 6.07) is 2.31.